The summed E-state index contributed by atoms with van der Waals surface area (Å²) in [6.07, 6.45) is 7.04. The molecule has 0 bridgehead atoms. The third-order valence-corrected chi connectivity index (χ3v) is 3.82. The number of aromatic nitrogens is 2. The molecule has 1 aromatic heterocycles. The van der Waals surface area contributed by atoms with Crippen molar-refractivity contribution in [2.24, 2.45) is 5.92 Å². The van der Waals surface area contributed by atoms with E-state index in [1.165, 1.54) is 25.7 Å². The molecular formula is C15H25N3O. The predicted octanol–water partition coefficient (Wildman–Crippen LogP) is 2.51. The minimum Gasteiger partial charge on any atom is -0.383 e. The van der Waals surface area contributed by atoms with Gasteiger partial charge in [0.25, 0.3) is 0 Å². The Kier molecular flexibility index (Phi) is 5.73. The molecule has 0 radical (unpaired) electrons. The van der Waals surface area contributed by atoms with Crippen LogP contribution in [-0.2, 0) is 11.3 Å². The van der Waals surface area contributed by atoms with E-state index in [2.05, 4.69) is 17.2 Å². The van der Waals surface area contributed by atoms with Crippen LogP contribution in [0.5, 0.6) is 0 Å². The largest absolute Gasteiger partial charge is 0.383 e. The van der Waals surface area contributed by atoms with E-state index in [0.717, 1.165) is 37.1 Å². The number of methoxy groups -OCH3 is 1. The van der Waals surface area contributed by atoms with Gasteiger partial charge in [-0.3, -0.25) is 0 Å². The molecule has 0 aliphatic heterocycles. The third kappa shape index (κ3) is 4.55. The van der Waals surface area contributed by atoms with Crippen molar-refractivity contribution < 1.29 is 4.74 Å². The lowest BCUT2D eigenvalue weighted by Crippen LogP contribution is -2.20. The van der Waals surface area contributed by atoms with Gasteiger partial charge in [-0.25, -0.2) is 9.97 Å². The molecule has 1 aliphatic carbocycles. The SMILES string of the molecule is COCCNCc1ccnc(C2CCCC(C)C2)n1. The van der Waals surface area contributed by atoms with Crippen molar-refractivity contribution in [3.63, 3.8) is 0 Å². The number of hydrogen-bond donors (Lipinski definition) is 1. The van der Waals surface area contributed by atoms with Crippen LogP contribution < -0.4 is 5.32 Å². The quantitative estimate of drug-likeness (QED) is 0.801. The van der Waals surface area contributed by atoms with Crippen molar-refractivity contribution in [3.05, 3.63) is 23.8 Å². The summed E-state index contributed by atoms with van der Waals surface area (Å²) in [4.78, 5) is 9.19. The summed E-state index contributed by atoms with van der Waals surface area (Å²) in [5, 5.41) is 3.33. The van der Waals surface area contributed by atoms with Gasteiger partial charge in [-0.1, -0.05) is 19.8 Å². The molecule has 2 atom stereocenters. The highest BCUT2D eigenvalue weighted by Crippen LogP contribution is 2.34. The zero-order chi connectivity index (χ0) is 13.5. The fraction of sp³-hybridized carbons (Fsp3) is 0.733. The molecule has 1 aliphatic rings. The Morgan fingerprint density at radius 2 is 2.32 bits per heavy atom. The first kappa shape index (κ1) is 14.4. The second kappa shape index (κ2) is 7.56. The van der Waals surface area contributed by atoms with Crippen LogP contribution in [0.2, 0.25) is 0 Å². The number of nitrogens with zero attached hydrogens (tertiary/aromatic N) is 2. The monoisotopic (exact) mass is 263 g/mol. The van der Waals surface area contributed by atoms with E-state index >= 15 is 0 Å². The molecule has 4 nitrogen and oxygen atoms in total. The van der Waals surface area contributed by atoms with E-state index in [9.17, 15) is 0 Å². The van der Waals surface area contributed by atoms with Crippen LogP contribution in [0.1, 0.15) is 50.0 Å². The van der Waals surface area contributed by atoms with E-state index in [4.69, 9.17) is 9.72 Å². The summed E-state index contributed by atoms with van der Waals surface area (Å²) in [6.45, 7) is 4.72. The van der Waals surface area contributed by atoms with Crippen LogP contribution in [0.4, 0.5) is 0 Å². The first-order valence-electron chi connectivity index (χ1n) is 7.31. The molecule has 1 saturated carbocycles. The van der Waals surface area contributed by atoms with Crippen LogP contribution in [0.25, 0.3) is 0 Å². The molecule has 0 saturated heterocycles. The van der Waals surface area contributed by atoms with E-state index in [1.807, 2.05) is 12.3 Å². The Balaban J connectivity index is 1.90. The van der Waals surface area contributed by atoms with Crippen LogP contribution in [-0.4, -0.2) is 30.2 Å². The molecule has 19 heavy (non-hydrogen) atoms. The Morgan fingerprint density at radius 1 is 1.42 bits per heavy atom. The standard InChI is InChI=1S/C15H25N3O/c1-12-4-3-5-13(10-12)15-17-7-6-14(18-15)11-16-8-9-19-2/h6-7,12-13,16H,3-5,8-11H2,1-2H3. The Labute approximate surface area is 116 Å². The average molecular weight is 263 g/mol. The number of hydrogen-bond acceptors (Lipinski definition) is 4. The second-order valence-corrected chi connectivity index (χ2v) is 5.54. The number of rotatable bonds is 6. The highest BCUT2D eigenvalue weighted by Gasteiger charge is 2.22. The smallest absolute Gasteiger partial charge is 0.131 e. The van der Waals surface area contributed by atoms with E-state index in [-0.39, 0.29) is 0 Å². The molecule has 1 aromatic rings. The zero-order valence-corrected chi connectivity index (χ0v) is 12.1. The minimum atomic E-state index is 0.558. The lowest BCUT2D eigenvalue weighted by atomic mass is 9.82. The van der Waals surface area contributed by atoms with Gasteiger partial charge < -0.3 is 10.1 Å². The van der Waals surface area contributed by atoms with Crippen molar-refractivity contribution >= 4 is 0 Å². The molecule has 0 spiro atoms. The summed E-state index contributed by atoms with van der Waals surface area (Å²) in [6, 6.07) is 2.00. The molecular weight excluding hydrogens is 238 g/mol. The molecule has 1 fully saturated rings. The summed E-state index contributed by atoms with van der Waals surface area (Å²) >= 11 is 0. The van der Waals surface area contributed by atoms with Gasteiger partial charge in [0, 0.05) is 32.3 Å². The normalized spacial score (nSPS) is 23.5. The second-order valence-electron chi connectivity index (χ2n) is 5.54. The lowest BCUT2D eigenvalue weighted by molar-refractivity contribution is 0.199. The van der Waals surface area contributed by atoms with Gasteiger partial charge in [0.05, 0.1) is 12.3 Å². The zero-order valence-electron chi connectivity index (χ0n) is 12.1. The molecule has 0 aromatic carbocycles. The van der Waals surface area contributed by atoms with E-state index in [0.29, 0.717) is 5.92 Å². The van der Waals surface area contributed by atoms with Crippen molar-refractivity contribution in [3.8, 4) is 0 Å². The van der Waals surface area contributed by atoms with Crippen molar-refractivity contribution in [1.82, 2.24) is 15.3 Å². The van der Waals surface area contributed by atoms with Gasteiger partial charge in [0.15, 0.2) is 0 Å². The van der Waals surface area contributed by atoms with Gasteiger partial charge in [-0.05, 0) is 24.8 Å². The Hall–Kier alpha value is -1.00. The van der Waals surface area contributed by atoms with Crippen molar-refractivity contribution in [1.29, 1.82) is 0 Å². The van der Waals surface area contributed by atoms with Gasteiger partial charge >= 0.3 is 0 Å². The van der Waals surface area contributed by atoms with Gasteiger partial charge in [-0.15, -0.1) is 0 Å². The first-order chi connectivity index (χ1) is 9.29. The Morgan fingerprint density at radius 3 is 3.11 bits per heavy atom. The topological polar surface area (TPSA) is 47.0 Å². The van der Waals surface area contributed by atoms with Crippen LogP contribution in [0.15, 0.2) is 12.3 Å². The van der Waals surface area contributed by atoms with Gasteiger partial charge in [-0.2, -0.15) is 0 Å². The molecule has 2 unspecified atom stereocenters. The minimum absolute atomic E-state index is 0.558. The molecule has 1 heterocycles. The van der Waals surface area contributed by atoms with Crippen molar-refractivity contribution in [2.75, 3.05) is 20.3 Å². The summed E-state index contributed by atoms with van der Waals surface area (Å²) in [5.74, 6) is 2.41. The molecule has 0 amide bonds. The molecule has 2 rings (SSSR count). The highest BCUT2D eigenvalue weighted by molar-refractivity contribution is 5.06. The maximum absolute atomic E-state index is 5.02. The Bertz CT molecular complexity index is 383. The van der Waals surface area contributed by atoms with E-state index in [1.54, 1.807) is 7.11 Å². The van der Waals surface area contributed by atoms with Crippen LogP contribution in [0.3, 0.4) is 0 Å². The number of ether oxygens (including phenoxy) is 1. The van der Waals surface area contributed by atoms with E-state index < -0.39 is 0 Å². The fourth-order valence-electron chi connectivity index (χ4n) is 2.77. The average Bonchev–Trinajstić information content (AvgIpc) is 2.44. The molecule has 1 N–H and O–H groups in total. The predicted molar refractivity (Wildman–Crippen MR) is 76.0 cm³/mol. The van der Waals surface area contributed by atoms with Crippen LogP contribution >= 0.6 is 0 Å². The van der Waals surface area contributed by atoms with Crippen molar-refractivity contribution in [2.45, 2.75) is 45.1 Å². The first-order valence-corrected chi connectivity index (χ1v) is 7.31. The molecule has 106 valence electrons. The summed E-state index contributed by atoms with van der Waals surface area (Å²) in [7, 11) is 1.72. The van der Waals surface area contributed by atoms with Crippen LogP contribution in [0, 0.1) is 5.92 Å². The highest BCUT2D eigenvalue weighted by atomic mass is 16.5. The summed E-state index contributed by atoms with van der Waals surface area (Å²) < 4.78 is 5.02. The lowest BCUT2D eigenvalue weighted by Gasteiger charge is -2.25. The van der Waals surface area contributed by atoms with Gasteiger partial charge in [0.1, 0.15) is 5.82 Å². The number of nitrogens with one attached hydrogen (secondary N) is 1. The maximum atomic E-state index is 5.02. The fourth-order valence-corrected chi connectivity index (χ4v) is 2.77. The maximum Gasteiger partial charge on any atom is 0.131 e. The molecule has 4 heteroatoms. The van der Waals surface area contributed by atoms with Gasteiger partial charge in [0.2, 0.25) is 0 Å². The third-order valence-electron chi connectivity index (χ3n) is 3.82. The summed E-state index contributed by atoms with van der Waals surface area (Å²) in [5.41, 5.74) is 1.08.